The molecule has 0 atom stereocenters. The average molecular weight is 268 g/mol. The molecule has 1 aromatic heterocycles. The van der Waals surface area contributed by atoms with Crippen LogP contribution in [0.3, 0.4) is 0 Å². The third-order valence-electron chi connectivity index (χ3n) is 3.16. The first kappa shape index (κ1) is 13.2. The van der Waals surface area contributed by atoms with E-state index in [-0.39, 0.29) is 0 Å². The molecule has 1 amide bonds. The Hall–Kier alpha value is -1.27. The molecule has 100 valence electrons. The van der Waals surface area contributed by atoms with E-state index in [1.165, 1.54) is 43.7 Å². The third kappa shape index (κ3) is 3.36. The summed E-state index contributed by atoms with van der Waals surface area (Å²) in [6, 6.07) is 1.78. The van der Waals surface area contributed by atoms with Crippen molar-refractivity contribution < 1.29 is 4.79 Å². The number of rotatable bonds is 5. The molecule has 0 saturated carbocycles. The number of primary amides is 1. The highest BCUT2D eigenvalue weighted by Crippen LogP contribution is 2.28. The number of carbonyl (C=O) groups is 1. The van der Waals surface area contributed by atoms with Gasteiger partial charge in [0.15, 0.2) is 0 Å². The summed E-state index contributed by atoms with van der Waals surface area (Å²) < 4.78 is 0. The molecule has 0 unspecified atom stereocenters. The van der Waals surface area contributed by atoms with Crippen molar-refractivity contribution in [1.29, 1.82) is 0 Å². The summed E-state index contributed by atoms with van der Waals surface area (Å²) in [5, 5.41) is 4.21. The first-order chi connectivity index (χ1) is 8.66. The number of likely N-dealkylation sites (tertiary alicyclic amines) is 1. The summed E-state index contributed by atoms with van der Waals surface area (Å²) in [7, 11) is 0. The van der Waals surface area contributed by atoms with Crippen molar-refractivity contribution in [3.8, 4) is 0 Å². The predicted molar refractivity (Wildman–Crippen MR) is 76.0 cm³/mol. The van der Waals surface area contributed by atoms with Crippen molar-refractivity contribution in [2.75, 3.05) is 37.2 Å². The Morgan fingerprint density at radius 1 is 1.39 bits per heavy atom. The van der Waals surface area contributed by atoms with Crippen LogP contribution in [0.5, 0.6) is 0 Å². The molecule has 1 aromatic rings. The minimum absolute atomic E-state index is 0.440. The summed E-state index contributed by atoms with van der Waals surface area (Å²) in [6.45, 7) is 4.30. The Labute approximate surface area is 111 Å². The number of nitrogens with two attached hydrogens (primary N) is 2. The molecule has 0 spiro atoms. The van der Waals surface area contributed by atoms with Gasteiger partial charge in [0.25, 0.3) is 5.91 Å². The number of carbonyl (C=O) groups excluding carboxylic acids is 1. The fourth-order valence-electron chi connectivity index (χ4n) is 2.21. The Kier molecular flexibility index (Phi) is 4.43. The van der Waals surface area contributed by atoms with Gasteiger partial charge in [0, 0.05) is 13.1 Å². The lowest BCUT2D eigenvalue weighted by Gasteiger charge is -2.26. The minimum Gasteiger partial charge on any atom is -0.397 e. The zero-order valence-corrected chi connectivity index (χ0v) is 11.3. The van der Waals surface area contributed by atoms with Gasteiger partial charge in [-0.3, -0.25) is 4.79 Å². The minimum atomic E-state index is -0.457. The van der Waals surface area contributed by atoms with Gasteiger partial charge >= 0.3 is 0 Å². The number of hydrogen-bond acceptors (Lipinski definition) is 5. The maximum atomic E-state index is 11.1. The van der Waals surface area contributed by atoms with Crippen molar-refractivity contribution in [2.45, 2.75) is 19.3 Å². The molecular weight excluding hydrogens is 248 g/mol. The SMILES string of the molecule is NC(=O)c1sc(NCCN2CCCCC2)cc1N. The first-order valence-electron chi connectivity index (χ1n) is 6.32. The molecule has 0 radical (unpaired) electrons. The molecule has 2 heterocycles. The number of piperidine rings is 1. The van der Waals surface area contributed by atoms with Gasteiger partial charge in [-0.25, -0.2) is 0 Å². The standard InChI is InChI=1S/C12H20N4OS/c13-9-8-10(18-11(9)12(14)17)15-4-7-16-5-2-1-3-6-16/h8,15H,1-7,13H2,(H2,14,17). The predicted octanol–water partition coefficient (Wildman–Crippen LogP) is 1.33. The molecule has 0 bridgehead atoms. The maximum Gasteiger partial charge on any atom is 0.260 e. The summed E-state index contributed by atoms with van der Waals surface area (Å²) >= 11 is 1.33. The van der Waals surface area contributed by atoms with Crippen LogP contribution < -0.4 is 16.8 Å². The Balaban J connectivity index is 1.79. The largest absolute Gasteiger partial charge is 0.397 e. The van der Waals surface area contributed by atoms with E-state index in [1.54, 1.807) is 6.07 Å². The third-order valence-corrected chi connectivity index (χ3v) is 4.28. The quantitative estimate of drug-likeness (QED) is 0.752. The molecular formula is C12H20N4OS. The van der Waals surface area contributed by atoms with E-state index in [0.717, 1.165) is 18.1 Å². The zero-order valence-electron chi connectivity index (χ0n) is 10.4. The van der Waals surface area contributed by atoms with Gasteiger partial charge in [0.1, 0.15) is 4.88 Å². The zero-order chi connectivity index (χ0) is 13.0. The van der Waals surface area contributed by atoms with E-state index in [2.05, 4.69) is 10.2 Å². The Morgan fingerprint density at radius 3 is 2.72 bits per heavy atom. The van der Waals surface area contributed by atoms with Crippen molar-refractivity contribution in [2.24, 2.45) is 5.73 Å². The van der Waals surface area contributed by atoms with Crippen LogP contribution in [0.25, 0.3) is 0 Å². The second kappa shape index (κ2) is 6.06. The van der Waals surface area contributed by atoms with E-state index in [9.17, 15) is 4.79 Å². The van der Waals surface area contributed by atoms with Crippen LogP contribution in [-0.2, 0) is 0 Å². The molecule has 2 rings (SSSR count). The molecule has 1 saturated heterocycles. The van der Waals surface area contributed by atoms with Gasteiger partial charge in [-0.2, -0.15) is 0 Å². The molecule has 0 aromatic carbocycles. The van der Waals surface area contributed by atoms with Crippen molar-refractivity contribution >= 4 is 27.9 Å². The summed E-state index contributed by atoms with van der Waals surface area (Å²) in [5.74, 6) is -0.457. The molecule has 5 N–H and O–H groups in total. The van der Waals surface area contributed by atoms with Gasteiger partial charge in [-0.05, 0) is 32.0 Å². The smallest absolute Gasteiger partial charge is 0.260 e. The lowest BCUT2D eigenvalue weighted by Crippen LogP contribution is -2.33. The monoisotopic (exact) mass is 268 g/mol. The van der Waals surface area contributed by atoms with Crippen LogP contribution in [-0.4, -0.2) is 37.0 Å². The highest BCUT2D eigenvalue weighted by atomic mass is 32.1. The lowest BCUT2D eigenvalue weighted by atomic mass is 10.1. The van der Waals surface area contributed by atoms with Crippen molar-refractivity contribution in [1.82, 2.24) is 4.90 Å². The van der Waals surface area contributed by atoms with Crippen LogP contribution in [0.4, 0.5) is 10.7 Å². The number of nitrogen functional groups attached to an aromatic ring is 1. The fraction of sp³-hybridized carbons (Fsp3) is 0.583. The van der Waals surface area contributed by atoms with E-state index in [1.807, 2.05) is 0 Å². The van der Waals surface area contributed by atoms with E-state index >= 15 is 0 Å². The molecule has 18 heavy (non-hydrogen) atoms. The number of nitrogens with one attached hydrogen (secondary N) is 1. The van der Waals surface area contributed by atoms with Crippen LogP contribution >= 0.6 is 11.3 Å². The molecule has 0 aliphatic carbocycles. The highest BCUT2D eigenvalue weighted by Gasteiger charge is 2.12. The van der Waals surface area contributed by atoms with Gasteiger partial charge in [-0.15, -0.1) is 11.3 Å². The van der Waals surface area contributed by atoms with Gasteiger partial charge in [0.2, 0.25) is 0 Å². The summed E-state index contributed by atoms with van der Waals surface area (Å²) in [5.41, 5.74) is 11.4. The number of thiophene rings is 1. The molecule has 1 aliphatic rings. The summed E-state index contributed by atoms with van der Waals surface area (Å²) in [4.78, 5) is 14.0. The molecule has 6 heteroatoms. The lowest BCUT2D eigenvalue weighted by molar-refractivity contribution is 0.100. The number of amides is 1. The normalized spacial score (nSPS) is 16.7. The van der Waals surface area contributed by atoms with Gasteiger partial charge < -0.3 is 21.7 Å². The van der Waals surface area contributed by atoms with E-state index < -0.39 is 5.91 Å². The highest BCUT2D eigenvalue weighted by molar-refractivity contribution is 7.18. The van der Waals surface area contributed by atoms with Gasteiger partial charge in [0.05, 0.1) is 10.7 Å². The van der Waals surface area contributed by atoms with E-state index in [0.29, 0.717) is 10.6 Å². The van der Waals surface area contributed by atoms with Gasteiger partial charge in [-0.1, -0.05) is 6.42 Å². The van der Waals surface area contributed by atoms with E-state index in [4.69, 9.17) is 11.5 Å². The molecule has 5 nitrogen and oxygen atoms in total. The first-order valence-corrected chi connectivity index (χ1v) is 7.14. The average Bonchev–Trinajstić information content (AvgIpc) is 2.72. The topological polar surface area (TPSA) is 84.4 Å². The van der Waals surface area contributed by atoms with Crippen LogP contribution in [0.15, 0.2) is 6.07 Å². The summed E-state index contributed by atoms with van der Waals surface area (Å²) in [6.07, 6.45) is 3.96. The number of anilines is 2. The number of hydrogen-bond donors (Lipinski definition) is 3. The second-order valence-corrected chi connectivity index (χ2v) is 5.64. The Morgan fingerprint density at radius 2 is 2.11 bits per heavy atom. The fourth-order valence-corrected chi connectivity index (χ4v) is 3.06. The second-order valence-electron chi connectivity index (χ2n) is 4.59. The van der Waals surface area contributed by atoms with Crippen molar-refractivity contribution in [3.05, 3.63) is 10.9 Å². The maximum absolute atomic E-state index is 11.1. The van der Waals surface area contributed by atoms with Crippen LogP contribution in [0, 0.1) is 0 Å². The number of nitrogens with zero attached hydrogens (tertiary/aromatic N) is 1. The van der Waals surface area contributed by atoms with Crippen LogP contribution in [0.2, 0.25) is 0 Å². The molecule has 1 aliphatic heterocycles. The van der Waals surface area contributed by atoms with Crippen LogP contribution in [0.1, 0.15) is 28.9 Å². The molecule has 1 fully saturated rings. The van der Waals surface area contributed by atoms with Crippen molar-refractivity contribution in [3.63, 3.8) is 0 Å². The Bertz CT molecular complexity index is 412.